The summed E-state index contributed by atoms with van der Waals surface area (Å²) in [5.74, 6) is -0.0963. The van der Waals surface area contributed by atoms with Gasteiger partial charge in [0.25, 0.3) is 5.91 Å². The summed E-state index contributed by atoms with van der Waals surface area (Å²) in [6.45, 7) is 9.40. The highest BCUT2D eigenvalue weighted by Gasteiger charge is 2.16. The fourth-order valence-corrected chi connectivity index (χ4v) is 2.52. The Morgan fingerprint density at radius 2 is 2.17 bits per heavy atom. The van der Waals surface area contributed by atoms with Gasteiger partial charge in [0.15, 0.2) is 0 Å². The van der Waals surface area contributed by atoms with Crippen LogP contribution in [0.5, 0.6) is 0 Å². The number of hydrogen-bond acceptors (Lipinski definition) is 4. The van der Waals surface area contributed by atoms with Gasteiger partial charge in [-0.15, -0.1) is 5.10 Å². The summed E-state index contributed by atoms with van der Waals surface area (Å²) in [6, 6.07) is -0.0346. The third-order valence-corrected chi connectivity index (χ3v) is 3.86. The van der Waals surface area contributed by atoms with Gasteiger partial charge in [0.2, 0.25) is 0 Å². The van der Waals surface area contributed by atoms with Gasteiger partial charge in [-0.05, 0) is 33.6 Å². The summed E-state index contributed by atoms with van der Waals surface area (Å²) in [5.41, 5.74) is 2.52. The molecular formula is C16H26N6O. The first-order valence-electron chi connectivity index (χ1n) is 8.27. The van der Waals surface area contributed by atoms with Crippen LogP contribution in [-0.2, 0) is 19.5 Å². The molecule has 1 atom stereocenters. The van der Waals surface area contributed by atoms with Crippen molar-refractivity contribution in [3.05, 3.63) is 29.3 Å². The predicted octanol–water partition coefficient (Wildman–Crippen LogP) is 1.96. The van der Waals surface area contributed by atoms with Crippen LogP contribution < -0.4 is 5.32 Å². The van der Waals surface area contributed by atoms with E-state index in [2.05, 4.69) is 27.7 Å². The summed E-state index contributed by atoms with van der Waals surface area (Å²) < 4.78 is 3.61. The van der Waals surface area contributed by atoms with E-state index in [0.29, 0.717) is 12.1 Å². The molecule has 1 N–H and O–H groups in total. The second-order valence-electron chi connectivity index (χ2n) is 5.87. The highest BCUT2D eigenvalue weighted by molar-refractivity contribution is 5.95. The van der Waals surface area contributed by atoms with Crippen LogP contribution in [0, 0.1) is 6.92 Å². The molecule has 2 aromatic heterocycles. The second-order valence-corrected chi connectivity index (χ2v) is 5.87. The van der Waals surface area contributed by atoms with E-state index in [-0.39, 0.29) is 11.9 Å². The number of nitrogens with one attached hydrogen (secondary N) is 1. The lowest BCUT2D eigenvalue weighted by Crippen LogP contribution is -2.36. The predicted molar refractivity (Wildman–Crippen MR) is 88.2 cm³/mol. The molecule has 0 aliphatic carbocycles. The Morgan fingerprint density at radius 3 is 2.83 bits per heavy atom. The Balaban J connectivity index is 1.90. The van der Waals surface area contributed by atoms with Crippen LogP contribution in [0.25, 0.3) is 0 Å². The molecule has 1 amide bonds. The third-order valence-electron chi connectivity index (χ3n) is 3.86. The normalized spacial score (nSPS) is 12.3. The van der Waals surface area contributed by atoms with E-state index in [0.717, 1.165) is 37.2 Å². The van der Waals surface area contributed by atoms with Crippen molar-refractivity contribution in [2.24, 2.45) is 0 Å². The number of aromatic nitrogens is 5. The van der Waals surface area contributed by atoms with Crippen molar-refractivity contribution in [3.63, 3.8) is 0 Å². The third kappa shape index (κ3) is 4.40. The maximum Gasteiger partial charge on any atom is 0.255 e. The van der Waals surface area contributed by atoms with Crippen LogP contribution in [0.4, 0.5) is 0 Å². The highest BCUT2D eigenvalue weighted by atomic mass is 16.1. The van der Waals surface area contributed by atoms with Gasteiger partial charge in [0, 0.05) is 24.5 Å². The first kappa shape index (κ1) is 17.2. The molecule has 0 aliphatic rings. The van der Waals surface area contributed by atoms with Crippen LogP contribution in [0.2, 0.25) is 0 Å². The zero-order valence-electron chi connectivity index (χ0n) is 14.4. The van der Waals surface area contributed by atoms with Gasteiger partial charge in [-0.1, -0.05) is 18.6 Å². The van der Waals surface area contributed by atoms with E-state index in [9.17, 15) is 4.79 Å². The van der Waals surface area contributed by atoms with Gasteiger partial charge in [-0.3, -0.25) is 14.2 Å². The average Bonchev–Trinajstić information content (AvgIpc) is 3.11. The quantitative estimate of drug-likeness (QED) is 0.807. The Kier molecular flexibility index (Phi) is 5.90. The van der Waals surface area contributed by atoms with Crippen LogP contribution in [-0.4, -0.2) is 36.7 Å². The number of unbranched alkanes of at least 4 members (excludes halogenated alkanes) is 1. The van der Waals surface area contributed by atoms with Crippen LogP contribution in [0.15, 0.2) is 12.4 Å². The van der Waals surface area contributed by atoms with Crippen LogP contribution >= 0.6 is 0 Å². The molecular weight excluding hydrogens is 292 g/mol. The summed E-state index contributed by atoms with van der Waals surface area (Å²) in [7, 11) is 0. The molecule has 0 saturated carbocycles. The Morgan fingerprint density at radius 1 is 1.39 bits per heavy atom. The van der Waals surface area contributed by atoms with Crippen LogP contribution in [0.3, 0.4) is 0 Å². The van der Waals surface area contributed by atoms with Gasteiger partial charge in [-0.25, -0.2) is 0 Å². The number of carbonyl (C=O) groups excluding carboxylic acids is 1. The molecule has 0 spiro atoms. The number of hydrogen-bond donors (Lipinski definition) is 1. The zero-order chi connectivity index (χ0) is 16.8. The molecule has 0 unspecified atom stereocenters. The fourth-order valence-electron chi connectivity index (χ4n) is 2.52. The van der Waals surface area contributed by atoms with E-state index >= 15 is 0 Å². The molecule has 2 heterocycles. The second kappa shape index (κ2) is 7.89. The lowest BCUT2D eigenvalue weighted by molar-refractivity contribution is 0.0935. The maximum atomic E-state index is 12.3. The summed E-state index contributed by atoms with van der Waals surface area (Å²) in [6.07, 6.45) is 6.79. The van der Waals surface area contributed by atoms with E-state index in [4.69, 9.17) is 0 Å². The first-order valence-corrected chi connectivity index (χ1v) is 8.27. The molecule has 23 heavy (non-hydrogen) atoms. The fraction of sp³-hybridized carbons (Fsp3) is 0.625. The van der Waals surface area contributed by atoms with E-state index in [1.54, 1.807) is 10.9 Å². The van der Waals surface area contributed by atoms with Gasteiger partial charge in [0.1, 0.15) is 0 Å². The van der Waals surface area contributed by atoms with Crippen molar-refractivity contribution in [1.29, 1.82) is 0 Å². The van der Waals surface area contributed by atoms with E-state index in [1.807, 2.05) is 31.6 Å². The van der Waals surface area contributed by atoms with E-state index < -0.39 is 0 Å². The van der Waals surface area contributed by atoms with Crippen molar-refractivity contribution in [3.8, 4) is 0 Å². The molecule has 0 fully saturated rings. The summed E-state index contributed by atoms with van der Waals surface area (Å²) in [4.78, 5) is 12.3. The van der Waals surface area contributed by atoms with Crippen LogP contribution in [0.1, 0.15) is 55.4 Å². The standard InChI is InChI=1S/C16H26N6O/c1-5-7-8-14-11-21(20-19-14)10-12(3)18-16(23)15-9-17-22(6-2)13(15)4/h9,11-12H,5-8,10H2,1-4H3,(H,18,23)/t12-/m0/s1. The summed E-state index contributed by atoms with van der Waals surface area (Å²) in [5, 5.41) is 15.5. The van der Waals surface area contributed by atoms with E-state index in [1.165, 1.54) is 0 Å². The Hall–Kier alpha value is -2.18. The van der Waals surface area contributed by atoms with Gasteiger partial charge >= 0.3 is 0 Å². The largest absolute Gasteiger partial charge is 0.348 e. The van der Waals surface area contributed by atoms with Crippen molar-refractivity contribution in [1.82, 2.24) is 30.1 Å². The lowest BCUT2D eigenvalue weighted by atomic mass is 10.2. The first-order chi connectivity index (χ1) is 11.0. The maximum absolute atomic E-state index is 12.3. The monoisotopic (exact) mass is 318 g/mol. The van der Waals surface area contributed by atoms with Gasteiger partial charge in [0.05, 0.1) is 24.0 Å². The van der Waals surface area contributed by atoms with Crippen molar-refractivity contribution < 1.29 is 4.79 Å². The molecule has 2 aromatic rings. The summed E-state index contributed by atoms with van der Waals surface area (Å²) >= 11 is 0. The molecule has 0 bridgehead atoms. The SMILES string of the molecule is CCCCc1cn(C[C@H](C)NC(=O)c2cnn(CC)c2C)nn1. The van der Waals surface area contributed by atoms with Crippen molar-refractivity contribution >= 4 is 5.91 Å². The lowest BCUT2D eigenvalue weighted by Gasteiger charge is -2.13. The number of amides is 1. The number of carbonyl (C=O) groups is 1. The number of nitrogens with zero attached hydrogens (tertiary/aromatic N) is 5. The average molecular weight is 318 g/mol. The smallest absolute Gasteiger partial charge is 0.255 e. The minimum Gasteiger partial charge on any atom is -0.348 e. The van der Waals surface area contributed by atoms with Crippen molar-refractivity contribution in [2.45, 2.75) is 66.1 Å². The molecule has 0 radical (unpaired) electrons. The molecule has 0 saturated heterocycles. The molecule has 2 rings (SSSR count). The topological polar surface area (TPSA) is 77.6 Å². The minimum atomic E-state index is -0.0963. The molecule has 7 heteroatoms. The molecule has 0 aliphatic heterocycles. The molecule has 7 nitrogen and oxygen atoms in total. The Bertz CT molecular complexity index is 645. The molecule has 0 aromatic carbocycles. The number of rotatable bonds is 8. The highest BCUT2D eigenvalue weighted by Crippen LogP contribution is 2.07. The minimum absolute atomic E-state index is 0.0346. The zero-order valence-corrected chi connectivity index (χ0v) is 14.4. The van der Waals surface area contributed by atoms with Gasteiger partial charge in [-0.2, -0.15) is 5.10 Å². The van der Waals surface area contributed by atoms with Gasteiger partial charge < -0.3 is 5.32 Å². The van der Waals surface area contributed by atoms with Crippen molar-refractivity contribution in [2.75, 3.05) is 0 Å². The number of aryl methyl sites for hydroxylation is 2. The molecule has 126 valence electrons. The Labute approximate surface area is 137 Å².